The van der Waals surface area contributed by atoms with Gasteiger partial charge in [0.2, 0.25) is 5.91 Å². The summed E-state index contributed by atoms with van der Waals surface area (Å²) < 4.78 is -0.636. The number of hydrogen-bond donors (Lipinski definition) is 2. The van der Waals surface area contributed by atoms with E-state index in [0.717, 1.165) is 0 Å². The van der Waals surface area contributed by atoms with E-state index in [4.69, 9.17) is 5.53 Å². The van der Waals surface area contributed by atoms with Crippen LogP contribution in [0.15, 0.2) is 29.4 Å². The number of carbonyl (C=O) groups is 3. The zero-order chi connectivity index (χ0) is 18.4. The number of nitrogens with zero attached hydrogens (tertiary/aromatic N) is 4. The first-order chi connectivity index (χ1) is 11.8. The Morgan fingerprint density at radius 2 is 2.00 bits per heavy atom. The van der Waals surface area contributed by atoms with Crippen molar-refractivity contribution in [2.75, 3.05) is 0 Å². The highest BCUT2D eigenvalue weighted by Crippen LogP contribution is 2.50. The number of benzene rings is 1. The molecule has 0 bridgehead atoms. The van der Waals surface area contributed by atoms with E-state index in [1.807, 2.05) is 0 Å². The van der Waals surface area contributed by atoms with Gasteiger partial charge in [-0.3, -0.25) is 9.59 Å². The van der Waals surface area contributed by atoms with Gasteiger partial charge >= 0.3 is 5.97 Å². The third-order valence-corrected chi connectivity index (χ3v) is 5.82. The number of hydrogen-bond acceptors (Lipinski definition) is 5. The van der Waals surface area contributed by atoms with Crippen molar-refractivity contribution in [1.82, 2.24) is 10.2 Å². The first-order valence-electron chi connectivity index (χ1n) is 7.45. The standard InChI is InChI=1S/C15H15N5O4S/c1-15(2)10(14(23)24)20-12(22)9(13(20)25-15)17-11(21)7-3-5-8(6-4-7)18-19-16/h3-6,9-10,13H,1-2H3,(H,17,21)(H,23,24)/t9-,10+,13+/m0/s1. The van der Waals surface area contributed by atoms with E-state index >= 15 is 0 Å². The second kappa shape index (κ2) is 5.98. The zero-order valence-corrected chi connectivity index (χ0v) is 14.2. The Kier molecular flexibility index (Phi) is 4.09. The number of fused-ring (bicyclic) bond motifs is 1. The van der Waals surface area contributed by atoms with Gasteiger partial charge in [-0.15, -0.1) is 11.8 Å². The number of carboxylic acids is 1. The molecule has 3 rings (SSSR count). The molecule has 0 unspecified atom stereocenters. The van der Waals surface area contributed by atoms with Crippen LogP contribution in [0.3, 0.4) is 0 Å². The number of β-lactam (4-membered cyclic amide) rings is 1. The molecule has 0 radical (unpaired) electrons. The summed E-state index contributed by atoms with van der Waals surface area (Å²) in [6.45, 7) is 3.55. The Balaban J connectivity index is 1.72. The summed E-state index contributed by atoms with van der Waals surface area (Å²) in [7, 11) is 0. The molecular weight excluding hydrogens is 346 g/mol. The van der Waals surface area contributed by atoms with Gasteiger partial charge in [0, 0.05) is 20.9 Å². The van der Waals surface area contributed by atoms with E-state index in [0.29, 0.717) is 11.3 Å². The van der Waals surface area contributed by atoms with Crippen LogP contribution in [0.2, 0.25) is 0 Å². The Labute approximate surface area is 147 Å². The summed E-state index contributed by atoms with van der Waals surface area (Å²) in [5, 5.41) is 15.1. The second-order valence-electron chi connectivity index (χ2n) is 6.29. The summed E-state index contributed by atoms with van der Waals surface area (Å²) in [6, 6.07) is 4.32. The number of carbonyl (C=O) groups excluding carboxylic acids is 2. The van der Waals surface area contributed by atoms with Crippen LogP contribution in [-0.4, -0.2) is 50.0 Å². The summed E-state index contributed by atoms with van der Waals surface area (Å²) in [5.74, 6) is -1.89. The van der Waals surface area contributed by atoms with Gasteiger partial charge in [-0.05, 0) is 31.5 Å². The lowest BCUT2D eigenvalue weighted by atomic mass is 9.96. The highest BCUT2D eigenvalue weighted by molar-refractivity contribution is 8.01. The maximum absolute atomic E-state index is 12.3. The van der Waals surface area contributed by atoms with Gasteiger partial charge in [0.25, 0.3) is 5.91 Å². The lowest BCUT2D eigenvalue weighted by Gasteiger charge is -2.43. The molecule has 130 valence electrons. The van der Waals surface area contributed by atoms with Crippen LogP contribution in [0, 0.1) is 0 Å². The topological polar surface area (TPSA) is 135 Å². The molecule has 2 heterocycles. The molecule has 0 aromatic heterocycles. The molecule has 25 heavy (non-hydrogen) atoms. The van der Waals surface area contributed by atoms with Gasteiger partial charge in [-0.2, -0.15) is 0 Å². The lowest BCUT2D eigenvalue weighted by molar-refractivity contribution is -0.159. The van der Waals surface area contributed by atoms with Crippen LogP contribution < -0.4 is 5.32 Å². The molecule has 2 aliphatic rings. The van der Waals surface area contributed by atoms with Crippen molar-refractivity contribution in [3.05, 3.63) is 40.3 Å². The van der Waals surface area contributed by atoms with Crippen molar-refractivity contribution < 1.29 is 19.5 Å². The first-order valence-corrected chi connectivity index (χ1v) is 8.33. The summed E-state index contributed by atoms with van der Waals surface area (Å²) >= 11 is 1.37. The maximum atomic E-state index is 12.3. The molecule has 2 amide bonds. The number of azide groups is 1. The predicted octanol–water partition coefficient (Wildman–Crippen LogP) is 1.87. The molecule has 0 spiro atoms. The fourth-order valence-corrected chi connectivity index (χ4v) is 4.73. The molecule has 1 aromatic rings. The van der Waals surface area contributed by atoms with Crippen LogP contribution in [0.25, 0.3) is 10.4 Å². The number of carboxylic acid groups (broad SMARTS) is 1. The number of thioether (sulfide) groups is 1. The van der Waals surface area contributed by atoms with Crippen LogP contribution in [-0.2, 0) is 9.59 Å². The van der Waals surface area contributed by atoms with E-state index < -0.39 is 40.0 Å². The minimum Gasteiger partial charge on any atom is -0.480 e. The van der Waals surface area contributed by atoms with Crippen molar-refractivity contribution in [3.63, 3.8) is 0 Å². The molecule has 2 saturated heterocycles. The van der Waals surface area contributed by atoms with Crippen LogP contribution in [0.1, 0.15) is 24.2 Å². The molecule has 2 aliphatic heterocycles. The molecular formula is C15H15N5O4S. The van der Waals surface area contributed by atoms with Crippen LogP contribution in [0.4, 0.5) is 5.69 Å². The van der Waals surface area contributed by atoms with Gasteiger partial charge in [-0.1, -0.05) is 17.2 Å². The van der Waals surface area contributed by atoms with Crippen molar-refractivity contribution >= 4 is 35.2 Å². The lowest BCUT2D eigenvalue weighted by Crippen LogP contribution is -2.70. The quantitative estimate of drug-likeness (QED) is 0.365. The Morgan fingerprint density at radius 1 is 1.36 bits per heavy atom. The van der Waals surface area contributed by atoms with E-state index in [1.54, 1.807) is 13.8 Å². The van der Waals surface area contributed by atoms with Crippen molar-refractivity contribution in [3.8, 4) is 0 Å². The monoisotopic (exact) mass is 361 g/mol. The summed E-state index contributed by atoms with van der Waals surface area (Å²) in [4.78, 5) is 40.1. The summed E-state index contributed by atoms with van der Waals surface area (Å²) in [5.41, 5.74) is 9.07. The fraction of sp³-hybridized carbons (Fsp3) is 0.400. The van der Waals surface area contributed by atoms with E-state index in [9.17, 15) is 19.5 Å². The largest absolute Gasteiger partial charge is 0.480 e. The highest BCUT2D eigenvalue weighted by Gasteiger charge is 2.64. The van der Waals surface area contributed by atoms with Gasteiger partial charge in [-0.25, -0.2) is 4.79 Å². The second-order valence-corrected chi connectivity index (χ2v) is 8.06. The van der Waals surface area contributed by atoms with E-state index in [-0.39, 0.29) is 0 Å². The minimum atomic E-state index is -1.05. The van der Waals surface area contributed by atoms with Crippen molar-refractivity contribution in [2.24, 2.45) is 5.11 Å². The number of nitrogens with one attached hydrogen (secondary N) is 1. The SMILES string of the molecule is CC1(C)S[C@@H]2[C@@H](NC(=O)c3ccc(N=[N+]=[N-])cc3)C(=O)N2[C@@H]1C(=O)O. The number of amides is 2. The minimum absolute atomic E-state index is 0.320. The number of rotatable bonds is 4. The van der Waals surface area contributed by atoms with Gasteiger partial charge in [0.15, 0.2) is 0 Å². The average molecular weight is 361 g/mol. The van der Waals surface area contributed by atoms with E-state index in [1.165, 1.54) is 40.9 Å². The van der Waals surface area contributed by atoms with Gasteiger partial charge in [0.05, 0.1) is 0 Å². The Morgan fingerprint density at radius 3 is 2.56 bits per heavy atom. The summed E-state index contributed by atoms with van der Waals surface area (Å²) in [6.07, 6.45) is 0. The van der Waals surface area contributed by atoms with Gasteiger partial charge < -0.3 is 15.3 Å². The predicted molar refractivity (Wildman–Crippen MR) is 90.2 cm³/mol. The fourth-order valence-electron chi connectivity index (χ4n) is 3.10. The van der Waals surface area contributed by atoms with E-state index in [2.05, 4.69) is 15.3 Å². The van der Waals surface area contributed by atoms with Crippen molar-refractivity contribution in [2.45, 2.75) is 36.1 Å². The Hall–Kier alpha value is -2.71. The zero-order valence-electron chi connectivity index (χ0n) is 13.4. The van der Waals surface area contributed by atoms with Crippen LogP contribution >= 0.6 is 11.8 Å². The average Bonchev–Trinajstić information content (AvgIpc) is 2.81. The molecule has 0 aliphatic carbocycles. The van der Waals surface area contributed by atoms with Crippen LogP contribution in [0.5, 0.6) is 0 Å². The number of aliphatic carboxylic acids is 1. The third kappa shape index (κ3) is 2.79. The molecule has 2 N–H and O–H groups in total. The molecule has 1 aromatic carbocycles. The smallest absolute Gasteiger partial charge is 0.327 e. The molecule has 0 saturated carbocycles. The first kappa shape index (κ1) is 17.1. The molecule has 2 fully saturated rings. The molecule has 3 atom stereocenters. The van der Waals surface area contributed by atoms with Crippen molar-refractivity contribution in [1.29, 1.82) is 0 Å². The molecule has 10 heteroatoms. The highest BCUT2D eigenvalue weighted by atomic mass is 32.2. The van der Waals surface area contributed by atoms with Gasteiger partial charge in [0.1, 0.15) is 17.5 Å². The normalized spacial score (nSPS) is 26.2. The maximum Gasteiger partial charge on any atom is 0.327 e. The molecule has 9 nitrogen and oxygen atoms in total. The Bertz CT molecular complexity index is 803. The third-order valence-electron chi connectivity index (χ3n) is 4.25.